The van der Waals surface area contributed by atoms with Gasteiger partial charge in [-0.1, -0.05) is 0 Å². The van der Waals surface area contributed by atoms with E-state index in [4.69, 9.17) is 0 Å². The van der Waals surface area contributed by atoms with E-state index in [-0.39, 0.29) is 23.7 Å². The first kappa shape index (κ1) is 16.1. The van der Waals surface area contributed by atoms with Crippen LogP contribution in [0.2, 0.25) is 0 Å². The van der Waals surface area contributed by atoms with Crippen molar-refractivity contribution in [1.29, 1.82) is 0 Å². The van der Waals surface area contributed by atoms with Crippen molar-refractivity contribution in [3.8, 4) is 0 Å². The van der Waals surface area contributed by atoms with Crippen LogP contribution in [0.1, 0.15) is 29.8 Å². The molecule has 1 aromatic rings. The molecule has 0 aliphatic carbocycles. The lowest BCUT2D eigenvalue weighted by molar-refractivity contribution is -0.141. The molecule has 1 aromatic carbocycles. The molecule has 0 aliphatic rings. The van der Waals surface area contributed by atoms with Gasteiger partial charge in [-0.2, -0.15) is 0 Å². The number of ether oxygens (including phenoxy) is 1. The first-order valence-electron chi connectivity index (χ1n) is 6.11. The van der Waals surface area contributed by atoms with Gasteiger partial charge in [0.2, 0.25) is 0 Å². The van der Waals surface area contributed by atoms with Crippen LogP contribution in [0.4, 0.5) is 8.78 Å². The number of carbonyl (C=O) groups is 2. The minimum absolute atomic E-state index is 0.163. The topological polar surface area (TPSA) is 46.6 Å². The molecule has 0 unspecified atom stereocenters. The Morgan fingerprint density at radius 2 is 1.85 bits per heavy atom. The third kappa shape index (κ3) is 3.53. The molecule has 0 spiro atoms. The van der Waals surface area contributed by atoms with Crippen LogP contribution in [0, 0.1) is 18.6 Å². The van der Waals surface area contributed by atoms with Crippen molar-refractivity contribution in [2.75, 3.05) is 13.7 Å². The zero-order valence-corrected chi connectivity index (χ0v) is 11.9. The molecule has 0 aliphatic heterocycles. The number of benzene rings is 1. The molecule has 1 amide bonds. The molecule has 0 saturated carbocycles. The Bertz CT molecular complexity index is 529. The second-order valence-corrected chi connectivity index (χ2v) is 4.68. The maximum absolute atomic E-state index is 13.7. The molecule has 6 heteroatoms. The largest absolute Gasteiger partial charge is 0.468 e. The minimum atomic E-state index is -0.950. The monoisotopic (exact) mass is 285 g/mol. The summed E-state index contributed by atoms with van der Waals surface area (Å²) in [6.07, 6.45) is 0. The highest BCUT2D eigenvalue weighted by molar-refractivity contribution is 5.96. The maximum atomic E-state index is 13.7. The molecule has 0 bridgehead atoms. The van der Waals surface area contributed by atoms with E-state index in [1.54, 1.807) is 13.8 Å². The molecule has 0 N–H and O–H groups in total. The second kappa shape index (κ2) is 6.45. The average Bonchev–Trinajstić information content (AvgIpc) is 2.38. The summed E-state index contributed by atoms with van der Waals surface area (Å²) in [5, 5.41) is 0. The first-order valence-corrected chi connectivity index (χ1v) is 6.11. The van der Waals surface area contributed by atoms with Crippen LogP contribution < -0.4 is 0 Å². The number of hydrogen-bond donors (Lipinski definition) is 0. The number of hydrogen-bond acceptors (Lipinski definition) is 3. The van der Waals surface area contributed by atoms with E-state index in [9.17, 15) is 18.4 Å². The third-order valence-electron chi connectivity index (χ3n) is 2.89. The molecular weight excluding hydrogens is 268 g/mol. The number of carbonyl (C=O) groups excluding carboxylic acids is 2. The van der Waals surface area contributed by atoms with Crippen molar-refractivity contribution >= 4 is 11.9 Å². The Morgan fingerprint density at radius 3 is 2.35 bits per heavy atom. The van der Waals surface area contributed by atoms with E-state index in [1.807, 2.05) is 0 Å². The van der Waals surface area contributed by atoms with Crippen molar-refractivity contribution in [2.24, 2.45) is 0 Å². The van der Waals surface area contributed by atoms with Crippen LogP contribution in [-0.4, -0.2) is 36.5 Å². The van der Waals surface area contributed by atoms with Gasteiger partial charge in [-0.25, -0.2) is 8.78 Å². The zero-order chi connectivity index (χ0) is 15.4. The van der Waals surface area contributed by atoms with Crippen LogP contribution in [0.5, 0.6) is 0 Å². The molecule has 0 saturated heterocycles. The van der Waals surface area contributed by atoms with Crippen LogP contribution in [-0.2, 0) is 9.53 Å². The lowest BCUT2D eigenvalue weighted by Crippen LogP contribution is -2.41. The van der Waals surface area contributed by atoms with Crippen LogP contribution >= 0.6 is 0 Å². The number of methoxy groups -OCH3 is 1. The standard InChI is InChI=1S/C14H17F2NO3/c1-8(2)17(7-13(18)20-4)14(19)10-5-9(3)11(15)6-12(10)16/h5-6,8H,7H2,1-4H3. The molecule has 0 fully saturated rings. The van der Waals surface area contributed by atoms with Gasteiger partial charge < -0.3 is 9.64 Å². The minimum Gasteiger partial charge on any atom is -0.468 e. The van der Waals surface area contributed by atoms with Gasteiger partial charge in [-0.05, 0) is 32.4 Å². The predicted molar refractivity (Wildman–Crippen MR) is 69.3 cm³/mol. The van der Waals surface area contributed by atoms with Gasteiger partial charge in [-0.15, -0.1) is 0 Å². The number of halogens is 2. The molecule has 1 rings (SSSR count). The summed E-state index contributed by atoms with van der Waals surface area (Å²) >= 11 is 0. The van der Waals surface area contributed by atoms with E-state index >= 15 is 0 Å². The van der Waals surface area contributed by atoms with E-state index < -0.39 is 23.5 Å². The molecule has 0 radical (unpaired) electrons. The Balaban J connectivity index is 3.13. The Kier molecular flexibility index (Phi) is 5.19. The Morgan fingerprint density at radius 1 is 1.25 bits per heavy atom. The van der Waals surface area contributed by atoms with Gasteiger partial charge in [0.15, 0.2) is 0 Å². The van der Waals surface area contributed by atoms with Crippen molar-refractivity contribution in [3.63, 3.8) is 0 Å². The maximum Gasteiger partial charge on any atom is 0.325 e. The number of amides is 1. The second-order valence-electron chi connectivity index (χ2n) is 4.68. The van der Waals surface area contributed by atoms with Crippen molar-refractivity contribution in [3.05, 3.63) is 34.9 Å². The smallest absolute Gasteiger partial charge is 0.325 e. The number of rotatable bonds is 4. The third-order valence-corrected chi connectivity index (χ3v) is 2.89. The van der Waals surface area contributed by atoms with Crippen molar-refractivity contribution < 1.29 is 23.1 Å². The SMILES string of the molecule is COC(=O)CN(C(=O)c1cc(C)c(F)cc1F)C(C)C. The molecule has 4 nitrogen and oxygen atoms in total. The summed E-state index contributed by atoms with van der Waals surface area (Å²) in [6, 6.07) is 1.48. The molecule has 110 valence electrons. The normalized spacial score (nSPS) is 10.6. The summed E-state index contributed by atoms with van der Waals surface area (Å²) in [7, 11) is 1.20. The van der Waals surface area contributed by atoms with Crippen LogP contribution in [0.25, 0.3) is 0 Å². The summed E-state index contributed by atoms with van der Waals surface area (Å²) in [5.74, 6) is -2.95. The van der Waals surface area contributed by atoms with Crippen LogP contribution in [0.3, 0.4) is 0 Å². The fourth-order valence-corrected chi connectivity index (χ4v) is 1.67. The summed E-state index contributed by atoms with van der Waals surface area (Å²) in [5.41, 5.74) is -0.0990. The summed E-state index contributed by atoms with van der Waals surface area (Å²) in [4.78, 5) is 24.7. The molecule has 20 heavy (non-hydrogen) atoms. The van der Waals surface area contributed by atoms with Gasteiger partial charge in [0.1, 0.15) is 18.2 Å². The van der Waals surface area contributed by atoms with Crippen LogP contribution in [0.15, 0.2) is 12.1 Å². The number of aryl methyl sites for hydroxylation is 1. The van der Waals surface area contributed by atoms with Gasteiger partial charge >= 0.3 is 5.97 Å². The summed E-state index contributed by atoms with van der Waals surface area (Å²) in [6.45, 7) is 4.53. The lowest BCUT2D eigenvalue weighted by atomic mass is 10.1. The van der Waals surface area contributed by atoms with Crippen molar-refractivity contribution in [2.45, 2.75) is 26.8 Å². The van der Waals surface area contributed by atoms with Crippen molar-refractivity contribution in [1.82, 2.24) is 4.90 Å². The van der Waals surface area contributed by atoms with E-state index in [1.165, 1.54) is 18.9 Å². The van der Waals surface area contributed by atoms with E-state index in [2.05, 4.69) is 4.74 Å². The quantitative estimate of drug-likeness (QED) is 0.797. The highest BCUT2D eigenvalue weighted by Gasteiger charge is 2.25. The molecule has 0 aromatic heterocycles. The first-order chi connectivity index (χ1) is 9.27. The molecule has 0 atom stereocenters. The van der Waals surface area contributed by atoms with Gasteiger partial charge in [0, 0.05) is 12.1 Å². The van der Waals surface area contributed by atoms with Gasteiger partial charge in [0.25, 0.3) is 5.91 Å². The predicted octanol–water partition coefficient (Wildman–Crippen LogP) is 2.30. The highest BCUT2D eigenvalue weighted by Crippen LogP contribution is 2.17. The average molecular weight is 285 g/mol. The van der Waals surface area contributed by atoms with E-state index in [0.29, 0.717) is 6.07 Å². The fourth-order valence-electron chi connectivity index (χ4n) is 1.67. The van der Waals surface area contributed by atoms with E-state index in [0.717, 1.165) is 6.07 Å². The Labute approximate surface area is 116 Å². The fraction of sp³-hybridized carbons (Fsp3) is 0.429. The summed E-state index contributed by atoms with van der Waals surface area (Å²) < 4.78 is 31.4. The Hall–Kier alpha value is -1.98. The highest BCUT2D eigenvalue weighted by atomic mass is 19.1. The molecule has 0 heterocycles. The molecular formula is C14H17F2NO3. The van der Waals surface area contributed by atoms with Gasteiger partial charge in [0.05, 0.1) is 12.7 Å². The van der Waals surface area contributed by atoms with Gasteiger partial charge in [-0.3, -0.25) is 9.59 Å². The number of nitrogens with zero attached hydrogens (tertiary/aromatic N) is 1. The zero-order valence-electron chi connectivity index (χ0n) is 11.9. The number of esters is 1. The lowest BCUT2D eigenvalue weighted by Gasteiger charge is -2.25.